The number of hydrogen-bond donors (Lipinski definition) is 2. The van der Waals surface area contributed by atoms with Gasteiger partial charge in [0.2, 0.25) is 0 Å². The average Bonchev–Trinajstić information content (AvgIpc) is 3.42. The predicted molar refractivity (Wildman–Crippen MR) is 330 cm³/mol. The molecule has 3 N–H and O–H groups in total. The third-order valence-electron chi connectivity index (χ3n) is 12.2. The number of unbranched alkanes of at least 4 members (excludes halogenated alkanes) is 18. The summed E-state index contributed by atoms with van der Waals surface area (Å²) in [5.41, 5.74) is 5.38. The van der Waals surface area contributed by atoms with E-state index in [4.69, 9.17) is 24.3 Å². The van der Waals surface area contributed by atoms with Gasteiger partial charge in [0.1, 0.15) is 6.61 Å². The van der Waals surface area contributed by atoms with Gasteiger partial charge < -0.3 is 20.1 Å². The van der Waals surface area contributed by atoms with Crippen LogP contribution < -0.4 is 5.73 Å². The zero-order valence-corrected chi connectivity index (χ0v) is 49.5. The van der Waals surface area contributed by atoms with E-state index >= 15 is 0 Å². The number of nitrogens with two attached hydrogens (primary N) is 1. The van der Waals surface area contributed by atoms with Gasteiger partial charge >= 0.3 is 19.8 Å². The molecule has 0 amide bonds. The first-order valence-corrected chi connectivity index (χ1v) is 31.8. The lowest BCUT2D eigenvalue weighted by atomic mass is 10.1. The van der Waals surface area contributed by atoms with E-state index in [0.717, 1.165) is 141 Å². The fourth-order valence-electron chi connectivity index (χ4n) is 7.75. The van der Waals surface area contributed by atoms with E-state index in [1.165, 1.54) is 51.4 Å². The van der Waals surface area contributed by atoms with Gasteiger partial charge in [0.05, 0.1) is 13.2 Å². The van der Waals surface area contributed by atoms with Crippen molar-refractivity contribution in [3.8, 4) is 0 Å². The van der Waals surface area contributed by atoms with Crippen LogP contribution in [0.15, 0.2) is 146 Å². The summed E-state index contributed by atoms with van der Waals surface area (Å²) in [4.78, 5) is 35.2. The van der Waals surface area contributed by atoms with Crippen LogP contribution in [-0.4, -0.2) is 49.3 Å². The third kappa shape index (κ3) is 61.0. The number of rotatable bonds is 55. The Labute approximate surface area is 471 Å². The maximum absolute atomic E-state index is 12.7. The topological polar surface area (TPSA) is 134 Å². The number of esters is 2. The molecule has 0 aromatic rings. The highest BCUT2D eigenvalue weighted by Crippen LogP contribution is 2.43. The van der Waals surface area contributed by atoms with E-state index in [1.807, 2.05) is 0 Å². The normalized spacial score (nSPS) is 14.1. The quantitative estimate of drug-likeness (QED) is 0.0264. The zero-order chi connectivity index (χ0) is 55.9. The first kappa shape index (κ1) is 72.9. The minimum absolute atomic E-state index is 0.0415. The molecule has 2 unspecified atom stereocenters. The number of carbonyl (C=O) groups is 2. The molecule has 0 aromatic carbocycles. The standard InChI is InChI=1S/C67H110NO8P/c1-3-5-7-9-11-13-15-17-19-21-23-25-26-27-28-29-30-31-32-33-34-35-36-37-38-40-42-44-46-48-50-52-54-56-58-60-67(70)76-65(64-75-77(71,72)74-62-61-68)63-73-66(69)59-57-55-53-51-49-47-45-43-41-39-24-22-20-18-16-14-12-10-8-6-4-2/h5,7,11,13,16-19,22-25,27-28,30-31,33-34,36-37,40-43,65H,3-4,6,8-10,12,14-15,20-21,26,29,32,35,38-39,44-64,68H2,1-2H3,(H,71,72)/b7-5-,13-11-,18-16-,19-17-,24-22-,25-23-,28-27-,31-30-,34-33-,37-36-,42-40-,43-41-. The van der Waals surface area contributed by atoms with Crippen LogP contribution in [0.25, 0.3) is 0 Å². The van der Waals surface area contributed by atoms with Crippen molar-refractivity contribution in [1.82, 2.24) is 0 Å². The summed E-state index contributed by atoms with van der Waals surface area (Å²) in [5.74, 6) is -0.864. The highest BCUT2D eigenvalue weighted by molar-refractivity contribution is 7.47. The van der Waals surface area contributed by atoms with Crippen molar-refractivity contribution in [2.75, 3.05) is 26.4 Å². The van der Waals surface area contributed by atoms with E-state index < -0.39 is 32.5 Å². The number of allylic oxidation sites excluding steroid dienone is 24. The van der Waals surface area contributed by atoms with Gasteiger partial charge in [-0.1, -0.05) is 243 Å². The second-order valence-electron chi connectivity index (χ2n) is 19.5. The van der Waals surface area contributed by atoms with Gasteiger partial charge in [0.25, 0.3) is 0 Å². The minimum atomic E-state index is -4.41. The van der Waals surface area contributed by atoms with Crippen LogP contribution in [0, 0.1) is 0 Å². The van der Waals surface area contributed by atoms with Gasteiger partial charge in [-0.25, -0.2) is 4.57 Å². The lowest BCUT2D eigenvalue weighted by Crippen LogP contribution is -2.29. The van der Waals surface area contributed by atoms with Crippen LogP contribution in [-0.2, 0) is 32.7 Å². The largest absolute Gasteiger partial charge is 0.472 e. The summed E-state index contributed by atoms with van der Waals surface area (Å²) in [7, 11) is -4.41. The van der Waals surface area contributed by atoms with Crippen molar-refractivity contribution in [2.24, 2.45) is 5.73 Å². The molecular weight excluding hydrogens is 978 g/mol. The van der Waals surface area contributed by atoms with Crippen LogP contribution in [0.3, 0.4) is 0 Å². The highest BCUT2D eigenvalue weighted by atomic mass is 31.2. The summed E-state index contributed by atoms with van der Waals surface area (Å²) in [6.45, 7) is 3.57. The molecule has 0 spiro atoms. The Morgan fingerprint density at radius 1 is 0.403 bits per heavy atom. The number of phosphoric ester groups is 1. The van der Waals surface area contributed by atoms with Gasteiger partial charge in [0, 0.05) is 19.4 Å². The van der Waals surface area contributed by atoms with Gasteiger partial charge in [-0.05, 0) is 122 Å². The van der Waals surface area contributed by atoms with Crippen molar-refractivity contribution in [2.45, 2.75) is 238 Å². The molecule has 0 rings (SSSR count). The number of phosphoric acid groups is 1. The third-order valence-corrected chi connectivity index (χ3v) is 13.2. The molecule has 77 heavy (non-hydrogen) atoms. The lowest BCUT2D eigenvalue weighted by Gasteiger charge is -2.19. The zero-order valence-electron chi connectivity index (χ0n) is 48.6. The van der Waals surface area contributed by atoms with Crippen LogP contribution in [0.4, 0.5) is 0 Å². The van der Waals surface area contributed by atoms with Crippen molar-refractivity contribution in [1.29, 1.82) is 0 Å². The summed E-state index contributed by atoms with van der Waals surface area (Å²) in [6, 6.07) is 0. The Hall–Kier alpha value is -4.11. The smallest absolute Gasteiger partial charge is 0.462 e. The van der Waals surface area contributed by atoms with Gasteiger partial charge in [0.15, 0.2) is 6.10 Å². The fraction of sp³-hybridized carbons (Fsp3) is 0.612. The van der Waals surface area contributed by atoms with Crippen molar-refractivity contribution < 1.29 is 37.6 Å². The number of carbonyl (C=O) groups excluding carboxylic acids is 2. The first-order chi connectivity index (χ1) is 37.8. The molecule has 0 radical (unpaired) electrons. The summed E-state index contributed by atoms with van der Waals surface area (Å²) >= 11 is 0. The number of ether oxygens (including phenoxy) is 2. The molecule has 2 atom stereocenters. The van der Waals surface area contributed by atoms with E-state index in [1.54, 1.807) is 0 Å². The number of hydrogen-bond acceptors (Lipinski definition) is 8. The molecule has 0 aliphatic heterocycles. The predicted octanol–water partition coefficient (Wildman–Crippen LogP) is 19.5. The molecule has 0 aromatic heterocycles. The van der Waals surface area contributed by atoms with Gasteiger partial charge in [-0.15, -0.1) is 0 Å². The average molecular weight is 1090 g/mol. The van der Waals surface area contributed by atoms with Crippen LogP contribution in [0.5, 0.6) is 0 Å². The second kappa shape index (κ2) is 61.1. The van der Waals surface area contributed by atoms with Crippen molar-refractivity contribution in [3.05, 3.63) is 146 Å². The van der Waals surface area contributed by atoms with Crippen molar-refractivity contribution >= 4 is 19.8 Å². The molecule has 0 saturated heterocycles. The molecule has 0 fully saturated rings. The second-order valence-corrected chi connectivity index (χ2v) is 20.9. The van der Waals surface area contributed by atoms with Crippen molar-refractivity contribution in [3.63, 3.8) is 0 Å². The van der Waals surface area contributed by atoms with Crippen LogP contribution >= 0.6 is 7.82 Å². The molecule has 0 aliphatic carbocycles. The van der Waals surface area contributed by atoms with E-state index in [0.29, 0.717) is 12.8 Å². The molecule has 0 saturated carbocycles. The Balaban J connectivity index is 4.07. The Morgan fingerprint density at radius 2 is 0.714 bits per heavy atom. The van der Waals surface area contributed by atoms with Crippen LogP contribution in [0.1, 0.15) is 232 Å². The summed E-state index contributed by atoms with van der Waals surface area (Å²) < 4.78 is 33.0. The Kier molecular flexibility index (Phi) is 57.8. The molecule has 0 bridgehead atoms. The Bertz CT molecular complexity index is 1770. The van der Waals surface area contributed by atoms with E-state index in [9.17, 15) is 19.0 Å². The lowest BCUT2D eigenvalue weighted by molar-refractivity contribution is -0.161. The van der Waals surface area contributed by atoms with Crippen LogP contribution in [0.2, 0.25) is 0 Å². The fourth-order valence-corrected chi connectivity index (χ4v) is 8.52. The maximum Gasteiger partial charge on any atom is 0.472 e. The SMILES string of the molecule is CC/C=C\C/C=C\C/C=C\C/C=C\C/C=C\C/C=C\C/C=C\C/C=C\C/C=C\CCCCCCCCCC(=O)OC(COC(=O)CCCCCCCC/C=C\C/C=C\C/C=C\CCCCCCC)COP(=O)(O)OCCN. The van der Waals surface area contributed by atoms with E-state index in [-0.39, 0.29) is 32.6 Å². The monoisotopic (exact) mass is 1090 g/mol. The molecule has 9 nitrogen and oxygen atoms in total. The summed E-state index contributed by atoms with van der Waals surface area (Å²) in [5, 5.41) is 0. The summed E-state index contributed by atoms with van der Waals surface area (Å²) in [6.07, 6.45) is 87.5. The highest BCUT2D eigenvalue weighted by Gasteiger charge is 2.26. The maximum atomic E-state index is 12.7. The van der Waals surface area contributed by atoms with Gasteiger partial charge in [-0.2, -0.15) is 0 Å². The molecule has 0 aliphatic rings. The molecular formula is C67H110NO8P. The first-order valence-electron chi connectivity index (χ1n) is 30.3. The van der Waals surface area contributed by atoms with E-state index in [2.05, 4.69) is 160 Å². The molecule has 436 valence electrons. The minimum Gasteiger partial charge on any atom is -0.462 e. The molecule has 0 heterocycles. The van der Waals surface area contributed by atoms with Gasteiger partial charge in [-0.3, -0.25) is 18.6 Å². The molecule has 10 heteroatoms. The Morgan fingerprint density at radius 3 is 1.06 bits per heavy atom.